The smallest absolute Gasteiger partial charge is 0.407 e. The zero-order valence-corrected chi connectivity index (χ0v) is 20.9. The van der Waals surface area contributed by atoms with Crippen molar-refractivity contribution in [2.75, 3.05) is 12.3 Å². The molecule has 0 fully saturated rings. The number of nitrogens with zero attached hydrogens (tertiary/aromatic N) is 3. The van der Waals surface area contributed by atoms with Crippen LogP contribution in [0.2, 0.25) is 0 Å². The van der Waals surface area contributed by atoms with E-state index in [1.807, 2.05) is 0 Å². The first-order valence-corrected chi connectivity index (χ1v) is 12.1. The molecule has 41 heavy (non-hydrogen) atoms. The molecule has 1 aliphatic heterocycles. The van der Waals surface area contributed by atoms with E-state index < -0.39 is 47.2 Å². The maximum atomic E-state index is 14.3. The van der Waals surface area contributed by atoms with Gasteiger partial charge in [-0.1, -0.05) is 29.7 Å². The van der Waals surface area contributed by atoms with Crippen molar-refractivity contribution in [3.05, 3.63) is 117 Å². The van der Waals surface area contributed by atoms with Crippen LogP contribution in [0.1, 0.15) is 22.9 Å². The molecule has 2 aliphatic rings. The summed E-state index contributed by atoms with van der Waals surface area (Å²) in [6, 6.07) is 6.82. The van der Waals surface area contributed by atoms with Crippen molar-refractivity contribution in [1.82, 2.24) is 14.5 Å². The molecule has 0 radical (unpaired) electrons. The first-order valence-electron chi connectivity index (χ1n) is 12.1. The normalized spacial score (nSPS) is 14.9. The van der Waals surface area contributed by atoms with Crippen LogP contribution in [0.4, 0.5) is 32.7 Å². The molecule has 8 nitrogen and oxygen atoms in total. The number of amides is 1. The molecule has 0 saturated heterocycles. The topological polar surface area (TPSA) is 99.7 Å². The van der Waals surface area contributed by atoms with Crippen molar-refractivity contribution in [3.63, 3.8) is 0 Å². The Morgan fingerprint density at radius 3 is 2.54 bits per heavy atom. The third kappa shape index (κ3) is 5.91. The van der Waals surface area contributed by atoms with Gasteiger partial charge in [-0.2, -0.15) is 0 Å². The summed E-state index contributed by atoms with van der Waals surface area (Å²) in [5.74, 6) is -3.32. The van der Waals surface area contributed by atoms with E-state index in [-0.39, 0.29) is 36.7 Å². The molecule has 1 unspecified atom stereocenters. The fourth-order valence-electron chi connectivity index (χ4n) is 4.49. The van der Waals surface area contributed by atoms with Crippen molar-refractivity contribution < 1.29 is 36.2 Å². The lowest BCUT2D eigenvalue weighted by Crippen LogP contribution is -2.43. The highest BCUT2D eigenvalue weighted by molar-refractivity contribution is 5.71. The summed E-state index contributed by atoms with van der Waals surface area (Å²) in [4.78, 5) is 31.9. The minimum absolute atomic E-state index is 0.00395. The third-order valence-electron chi connectivity index (χ3n) is 6.30. The van der Waals surface area contributed by atoms with Gasteiger partial charge < -0.3 is 20.1 Å². The van der Waals surface area contributed by atoms with E-state index >= 15 is 0 Å². The number of fused-ring (bicyclic) bond motifs is 1. The Balaban J connectivity index is 1.41. The highest BCUT2D eigenvalue weighted by atomic mass is 19.4. The number of aromatic nitrogens is 2. The molecule has 0 spiro atoms. The predicted octanol–water partition coefficient (Wildman–Crippen LogP) is 4.96. The number of nitrogens with two attached hydrogens (primary N) is 1. The monoisotopic (exact) mass is 570 g/mol. The predicted molar refractivity (Wildman–Crippen MR) is 135 cm³/mol. The van der Waals surface area contributed by atoms with Crippen molar-refractivity contribution in [2.45, 2.75) is 25.4 Å². The Morgan fingerprint density at radius 2 is 1.88 bits per heavy atom. The second-order valence-corrected chi connectivity index (χ2v) is 8.95. The maximum absolute atomic E-state index is 14.3. The number of rotatable bonds is 5. The largest absolute Gasteiger partial charge is 0.573 e. The van der Waals surface area contributed by atoms with Crippen LogP contribution in [0, 0.1) is 11.6 Å². The van der Waals surface area contributed by atoms with Gasteiger partial charge in [-0.3, -0.25) is 9.36 Å². The van der Waals surface area contributed by atoms with E-state index in [0.717, 1.165) is 17.0 Å². The van der Waals surface area contributed by atoms with Crippen LogP contribution in [-0.4, -0.2) is 33.5 Å². The number of halogens is 5. The highest BCUT2D eigenvalue weighted by Gasteiger charge is 2.32. The minimum atomic E-state index is -5.02. The van der Waals surface area contributed by atoms with Crippen LogP contribution >= 0.6 is 0 Å². The number of benzene rings is 2. The Hall–Kier alpha value is -5.12. The van der Waals surface area contributed by atoms with Crippen LogP contribution in [0.5, 0.6) is 11.5 Å². The second kappa shape index (κ2) is 10.8. The third-order valence-corrected chi connectivity index (χ3v) is 6.30. The molecule has 1 atom stereocenters. The molecule has 1 aromatic heterocycles. The average molecular weight is 570 g/mol. The molecule has 2 N–H and O–H groups in total. The Kier molecular flexibility index (Phi) is 7.23. The first kappa shape index (κ1) is 27.4. The molecule has 0 saturated carbocycles. The summed E-state index contributed by atoms with van der Waals surface area (Å²) in [6.07, 6.45) is -0.921. The van der Waals surface area contributed by atoms with E-state index in [9.17, 15) is 31.5 Å². The van der Waals surface area contributed by atoms with Crippen molar-refractivity contribution in [3.8, 4) is 11.5 Å². The molecular formula is C28H19F5N4O4. The molecule has 0 bridgehead atoms. The molecule has 3 aromatic rings. The number of nitrogen functional groups attached to an aromatic ring is 1. The van der Waals surface area contributed by atoms with Gasteiger partial charge in [0.25, 0.3) is 5.56 Å². The number of carbonyl (C=O) groups excluding carboxylic acids is 1. The zero-order chi connectivity index (χ0) is 29.3. The maximum Gasteiger partial charge on any atom is 0.573 e. The average Bonchev–Trinajstić information content (AvgIpc) is 2.92. The number of carbonyl (C=O) groups is 1. The molecular weight excluding hydrogens is 551 g/mol. The van der Waals surface area contributed by atoms with Gasteiger partial charge in [0.15, 0.2) is 11.6 Å². The van der Waals surface area contributed by atoms with Gasteiger partial charge in [0.2, 0.25) is 5.95 Å². The van der Waals surface area contributed by atoms with E-state index in [0.29, 0.717) is 17.2 Å². The van der Waals surface area contributed by atoms with Crippen LogP contribution in [0.15, 0.2) is 82.5 Å². The zero-order valence-electron chi connectivity index (χ0n) is 20.9. The van der Waals surface area contributed by atoms with Gasteiger partial charge in [-0.25, -0.2) is 18.6 Å². The lowest BCUT2D eigenvalue weighted by Gasteiger charge is -2.29. The lowest BCUT2D eigenvalue weighted by molar-refractivity contribution is -0.274. The number of alkyl halides is 3. The van der Waals surface area contributed by atoms with Gasteiger partial charge in [0.05, 0.1) is 18.3 Å². The molecule has 210 valence electrons. The molecule has 13 heteroatoms. The first-order chi connectivity index (χ1) is 19.5. The Morgan fingerprint density at radius 1 is 1.12 bits per heavy atom. The number of hydrogen-bond donors (Lipinski definition) is 1. The van der Waals surface area contributed by atoms with Gasteiger partial charge >= 0.3 is 12.5 Å². The van der Waals surface area contributed by atoms with E-state index in [1.165, 1.54) is 28.8 Å². The summed E-state index contributed by atoms with van der Waals surface area (Å²) in [5.41, 5.74) is 13.1. The van der Waals surface area contributed by atoms with Gasteiger partial charge in [0.1, 0.15) is 11.6 Å². The molecule has 1 aliphatic carbocycles. The summed E-state index contributed by atoms with van der Waals surface area (Å²) in [5, 5.41) is 0. The van der Waals surface area contributed by atoms with Crippen LogP contribution in [0.25, 0.3) is 0 Å². The summed E-state index contributed by atoms with van der Waals surface area (Å²) >= 11 is 0. The van der Waals surface area contributed by atoms with Crippen LogP contribution in [-0.2, 0) is 13.0 Å². The standard InChI is InChI=1S/C28H19F5N4O4/c29-18-8-6-17(7-9-18)24(16-4-2-1-3-5-16)37-25(38)20-12-13-36(15-22(20)35-26(37)34)27(39)40-23-11-10-19(14-21(23)30)41-28(31,32)33/h1-2,4,6-11,14,24H,12-13,15H2,(H2,34,35). The van der Waals surface area contributed by atoms with Crippen LogP contribution < -0.4 is 20.8 Å². The molecule has 5 rings (SSSR count). The van der Waals surface area contributed by atoms with Crippen molar-refractivity contribution >= 4 is 12.0 Å². The number of ether oxygens (including phenoxy) is 2. The Labute approximate surface area is 228 Å². The SMILES string of the molecule is Nc1nc2c(c(=O)n1C(C1=C=C=CC=C1)c1ccc(F)cc1)CCN(C(=O)Oc1ccc(OC(F)(F)F)cc1F)C2. The van der Waals surface area contributed by atoms with E-state index in [1.54, 1.807) is 18.2 Å². The summed E-state index contributed by atoms with van der Waals surface area (Å²) in [7, 11) is 0. The van der Waals surface area contributed by atoms with Gasteiger partial charge in [0, 0.05) is 23.7 Å². The Bertz CT molecular complexity index is 1720. The summed E-state index contributed by atoms with van der Waals surface area (Å²) in [6.45, 7) is -0.201. The fourth-order valence-corrected chi connectivity index (χ4v) is 4.49. The van der Waals surface area contributed by atoms with Crippen molar-refractivity contribution in [2.24, 2.45) is 0 Å². The van der Waals surface area contributed by atoms with Gasteiger partial charge in [-0.05, 0) is 48.4 Å². The number of hydrogen-bond acceptors (Lipinski definition) is 6. The van der Waals surface area contributed by atoms with Crippen LogP contribution in [0.3, 0.4) is 0 Å². The summed E-state index contributed by atoms with van der Waals surface area (Å²) < 4.78 is 75.0. The molecule has 1 amide bonds. The molecule has 2 aromatic carbocycles. The quantitative estimate of drug-likeness (QED) is 0.344. The van der Waals surface area contributed by atoms with E-state index in [4.69, 9.17) is 10.5 Å². The number of allylic oxidation sites excluding steroid dienone is 4. The molecule has 2 heterocycles. The second-order valence-electron chi connectivity index (χ2n) is 8.95. The highest BCUT2D eigenvalue weighted by Crippen LogP contribution is 2.31. The van der Waals surface area contributed by atoms with E-state index in [2.05, 4.69) is 21.2 Å². The number of anilines is 1. The van der Waals surface area contributed by atoms with Crippen molar-refractivity contribution in [1.29, 1.82) is 0 Å². The van der Waals surface area contributed by atoms with Gasteiger partial charge in [-0.15, -0.1) is 13.2 Å². The fraction of sp³-hybridized carbons (Fsp3) is 0.179. The minimum Gasteiger partial charge on any atom is -0.407 e. The lowest BCUT2D eigenvalue weighted by atomic mass is 9.96.